The predicted octanol–water partition coefficient (Wildman–Crippen LogP) is 0.370. The molecule has 1 heterocycles. The molecule has 0 saturated heterocycles. The van der Waals surface area contributed by atoms with Gasteiger partial charge in [-0.1, -0.05) is 11.8 Å². The lowest BCUT2D eigenvalue weighted by Crippen LogP contribution is -2.20. The van der Waals surface area contributed by atoms with Crippen LogP contribution in [0.2, 0.25) is 0 Å². The zero-order valence-electron chi connectivity index (χ0n) is 6.92. The molecule has 0 unspecified atom stereocenters. The van der Waals surface area contributed by atoms with Crippen LogP contribution in [0.4, 0.5) is 0 Å². The first-order valence-corrected chi connectivity index (χ1v) is 4.91. The van der Waals surface area contributed by atoms with Gasteiger partial charge in [0.2, 0.25) is 0 Å². The number of nitrogens with two attached hydrogens (primary N) is 1. The highest BCUT2D eigenvalue weighted by Crippen LogP contribution is 2.12. The van der Waals surface area contributed by atoms with Gasteiger partial charge in [0.25, 0.3) is 0 Å². The van der Waals surface area contributed by atoms with E-state index >= 15 is 0 Å². The van der Waals surface area contributed by atoms with Crippen molar-refractivity contribution in [2.24, 2.45) is 10.7 Å². The highest BCUT2D eigenvalue weighted by Gasteiger charge is 2.11. The summed E-state index contributed by atoms with van der Waals surface area (Å²) in [5.74, 6) is 1.10. The average molecular weight is 173 g/mol. The Morgan fingerprint density at radius 2 is 2.55 bits per heavy atom. The molecule has 0 atom stereocenters. The average Bonchev–Trinajstić information content (AvgIpc) is 2.37. The van der Waals surface area contributed by atoms with Gasteiger partial charge in [0, 0.05) is 19.3 Å². The number of amidine groups is 1. The van der Waals surface area contributed by atoms with Crippen molar-refractivity contribution in [3.63, 3.8) is 0 Å². The van der Waals surface area contributed by atoms with E-state index in [-0.39, 0.29) is 0 Å². The van der Waals surface area contributed by atoms with Crippen molar-refractivity contribution in [1.82, 2.24) is 4.90 Å². The Bertz CT molecular complexity index is 147. The summed E-state index contributed by atoms with van der Waals surface area (Å²) in [6.45, 7) is 2.82. The number of likely N-dealkylation sites (N-methyl/N-ethyl adjacent to an activating group) is 1. The van der Waals surface area contributed by atoms with E-state index in [0.29, 0.717) is 0 Å². The van der Waals surface area contributed by atoms with Gasteiger partial charge in [-0.15, -0.1) is 0 Å². The van der Waals surface area contributed by atoms with Crippen LogP contribution in [0.3, 0.4) is 0 Å². The first-order chi connectivity index (χ1) is 5.34. The minimum absolute atomic E-state index is 0.782. The summed E-state index contributed by atoms with van der Waals surface area (Å²) in [4.78, 5) is 6.55. The van der Waals surface area contributed by atoms with Crippen molar-refractivity contribution < 1.29 is 0 Å². The van der Waals surface area contributed by atoms with Crippen LogP contribution in [0.5, 0.6) is 0 Å². The van der Waals surface area contributed by atoms with Crippen molar-refractivity contribution in [1.29, 1.82) is 0 Å². The second-order valence-electron chi connectivity index (χ2n) is 2.58. The third-order valence-electron chi connectivity index (χ3n) is 1.59. The Labute approximate surface area is 72.0 Å². The Balaban J connectivity index is 2.15. The van der Waals surface area contributed by atoms with E-state index in [2.05, 4.69) is 16.9 Å². The second-order valence-corrected chi connectivity index (χ2v) is 3.64. The molecule has 0 spiro atoms. The monoisotopic (exact) mass is 173 g/mol. The minimum Gasteiger partial charge on any atom is -0.353 e. The van der Waals surface area contributed by atoms with E-state index < -0.39 is 0 Å². The number of nitrogens with zero attached hydrogens (tertiary/aromatic N) is 2. The molecule has 11 heavy (non-hydrogen) atoms. The molecule has 1 aliphatic rings. The summed E-state index contributed by atoms with van der Waals surface area (Å²) >= 11 is 1.81. The molecule has 2 N–H and O–H groups in total. The molecule has 0 aromatic heterocycles. The number of thioether (sulfide) groups is 1. The number of rotatable bonds is 3. The molecule has 0 radical (unpaired) electrons. The van der Waals surface area contributed by atoms with E-state index in [1.165, 1.54) is 5.17 Å². The van der Waals surface area contributed by atoms with E-state index in [1.807, 2.05) is 11.8 Å². The molecule has 0 aliphatic carbocycles. The van der Waals surface area contributed by atoms with Crippen LogP contribution in [0.25, 0.3) is 0 Å². The summed E-state index contributed by atoms with van der Waals surface area (Å²) in [5.41, 5.74) is 5.38. The summed E-state index contributed by atoms with van der Waals surface area (Å²) in [6.07, 6.45) is 1.08. The lowest BCUT2D eigenvalue weighted by Gasteiger charge is -2.11. The van der Waals surface area contributed by atoms with Gasteiger partial charge >= 0.3 is 0 Å². The zero-order chi connectivity index (χ0) is 8.10. The van der Waals surface area contributed by atoms with Gasteiger partial charge < -0.3 is 10.6 Å². The number of hydrogen-bond donors (Lipinski definition) is 1. The summed E-state index contributed by atoms with van der Waals surface area (Å²) in [6, 6.07) is 0. The molecule has 0 bridgehead atoms. The van der Waals surface area contributed by atoms with Gasteiger partial charge in [-0.25, -0.2) is 0 Å². The molecule has 1 rings (SSSR count). The van der Waals surface area contributed by atoms with Crippen LogP contribution < -0.4 is 5.73 Å². The van der Waals surface area contributed by atoms with E-state index in [9.17, 15) is 0 Å². The van der Waals surface area contributed by atoms with Crippen LogP contribution >= 0.6 is 11.8 Å². The number of aliphatic imine (C=N–C) groups is 1. The highest BCUT2D eigenvalue weighted by atomic mass is 32.2. The fourth-order valence-electron chi connectivity index (χ4n) is 0.915. The maximum Gasteiger partial charge on any atom is 0.159 e. The lowest BCUT2D eigenvalue weighted by atomic mass is 10.5. The molecule has 0 saturated carbocycles. The van der Waals surface area contributed by atoms with Gasteiger partial charge in [-0.2, -0.15) is 0 Å². The third-order valence-corrected chi connectivity index (χ3v) is 2.78. The van der Waals surface area contributed by atoms with Gasteiger partial charge in [0.05, 0.1) is 6.54 Å². The molecule has 1 aliphatic heterocycles. The SMILES string of the molecule is CN1CCN=C1SCCCN. The van der Waals surface area contributed by atoms with Crippen LogP contribution in [0.1, 0.15) is 6.42 Å². The largest absolute Gasteiger partial charge is 0.353 e. The number of hydrogen-bond acceptors (Lipinski definition) is 4. The minimum atomic E-state index is 0.782. The van der Waals surface area contributed by atoms with Crippen molar-refractivity contribution in [2.75, 3.05) is 32.4 Å². The molecule has 3 nitrogen and oxygen atoms in total. The van der Waals surface area contributed by atoms with Gasteiger partial charge in [0.1, 0.15) is 0 Å². The fraction of sp³-hybridized carbons (Fsp3) is 0.857. The zero-order valence-corrected chi connectivity index (χ0v) is 7.73. The molecular formula is C7H15N3S. The van der Waals surface area contributed by atoms with Crippen LogP contribution in [-0.4, -0.2) is 42.5 Å². The molecule has 64 valence electrons. The quantitative estimate of drug-likeness (QED) is 0.627. The molecule has 0 fully saturated rings. The van der Waals surface area contributed by atoms with Crippen molar-refractivity contribution in [2.45, 2.75) is 6.42 Å². The van der Waals surface area contributed by atoms with E-state index in [4.69, 9.17) is 5.73 Å². The third kappa shape index (κ3) is 2.71. The molecular weight excluding hydrogens is 158 g/mol. The molecule has 4 heteroatoms. The highest BCUT2D eigenvalue weighted by molar-refractivity contribution is 8.13. The standard InChI is InChI=1S/C7H15N3S/c1-10-5-4-9-7(10)11-6-2-3-8/h2-6,8H2,1H3. The van der Waals surface area contributed by atoms with E-state index in [1.54, 1.807) is 0 Å². The summed E-state index contributed by atoms with van der Waals surface area (Å²) in [5, 5.41) is 1.18. The fourth-order valence-corrected chi connectivity index (χ4v) is 1.90. The van der Waals surface area contributed by atoms with Crippen LogP contribution in [-0.2, 0) is 0 Å². The molecule has 0 amide bonds. The summed E-state index contributed by atoms with van der Waals surface area (Å²) < 4.78 is 0. The van der Waals surface area contributed by atoms with Gasteiger partial charge in [0.15, 0.2) is 5.17 Å². The van der Waals surface area contributed by atoms with E-state index in [0.717, 1.165) is 31.8 Å². The van der Waals surface area contributed by atoms with Crippen molar-refractivity contribution in [3.8, 4) is 0 Å². The van der Waals surface area contributed by atoms with Gasteiger partial charge in [-0.3, -0.25) is 4.99 Å². The Morgan fingerprint density at radius 1 is 1.73 bits per heavy atom. The van der Waals surface area contributed by atoms with Crippen molar-refractivity contribution >= 4 is 16.9 Å². The smallest absolute Gasteiger partial charge is 0.159 e. The molecule has 0 aromatic rings. The first-order valence-electron chi connectivity index (χ1n) is 3.93. The topological polar surface area (TPSA) is 41.6 Å². The van der Waals surface area contributed by atoms with Crippen LogP contribution in [0, 0.1) is 0 Å². The van der Waals surface area contributed by atoms with Crippen molar-refractivity contribution in [3.05, 3.63) is 0 Å². The molecule has 0 aromatic carbocycles. The normalized spacial score (nSPS) is 17.3. The van der Waals surface area contributed by atoms with Crippen LogP contribution in [0.15, 0.2) is 4.99 Å². The Kier molecular flexibility index (Phi) is 3.72. The summed E-state index contributed by atoms with van der Waals surface area (Å²) in [7, 11) is 2.08. The predicted molar refractivity (Wildman–Crippen MR) is 51.1 cm³/mol. The maximum atomic E-state index is 5.38. The second kappa shape index (κ2) is 4.62. The van der Waals surface area contributed by atoms with Gasteiger partial charge in [-0.05, 0) is 13.0 Å². The Hall–Kier alpha value is -0.220. The Morgan fingerprint density at radius 3 is 3.09 bits per heavy atom. The lowest BCUT2D eigenvalue weighted by molar-refractivity contribution is 0.564. The first kappa shape index (κ1) is 8.87. The maximum absolute atomic E-state index is 5.38.